The summed E-state index contributed by atoms with van der Waals surface area (Å²) < 4.78 is 24.1. The van der Waals surface area contributed by atoms with E-state index in [0.29, 0.717) is 61.5 Å². The Balaban J connectivity index is 1.26. The molecule has 0 aliphatic carbocycles. The van der Waals surface area contributed by atoms with E-state index in [1.54, 1.807) is 48.3 Å². The van der Waals surface area contributed by atoms with Crippen molar-refractivity contribution >= 4 is 50.8 Å². The molecule has 11 nitrogen and oxygen atoms in total. The first kappa shape index (κ1) is 42.1. The molecule has 58 heavy (non-hydrogen) atoms. The normalized spacial score (nSPS) is 20.0. The first-order valence-electron chi connectivity index (χ1n) is 19.4. The summed E-state index contributed by atoms with van der Waals surface area (Å²) in [5.41, 5.74) is 4.60. The van der Waals surface area contributed by atoms with Crippen LogP contribution < -0.4 is 20.9 Å². The lowest BCUT2D eigenvalue weighted by Gasteiger charge is -2.28. The van der Waals surface area contributed by atoms with Crippen LogP contribution in [0.2, 0.25) is 5.02 Å². The van der Waals surface area contributed by atoms with E-state index in [4.69, 9.17) is 11.6 Å². The molecule has 1 saturated heterocycles. The standard InChI is InChI=1S/C45H48ClN5O6S/c1-50-24-8-23-47-36(26-32-14-19-38(20-15-32)58(2,56)57)28-42(52)49-40-22-18-34-11-6-7-12-41(34)51(45(40)55)30-43(53)48-37(29-44(50)54)27-33-16-21-39(46)35(25-33)17-13-31-9-4-3-5-10-31/h3-7,9-12,14-16,19-21,25,36-37,40,47H,8,18,22-24,26-30H2,1-2H3,(H,48,53)(H,49,52)/t36-,37+,40-/m0/s1. The van der Waals surface area contributed by atoms with Crippen LogP contribution in [-0.4, -0.2) is 88.0 Å². The van der Waals surface area contributed by atoms with Gasteiger partial charge in [0.1, 0.15) is 12.6 Å². The van der Waals surface area contributed by atoms with Crippen LogP contribution in [0.15, 0.2) is 102 Å². The van der Waals surface area contributed by atoms with E-state index in [1.165, 1.54) is 4.90 Å². The number of nitrogens with one attached hydrogen (secondary N) is 3. The molecule has 2 bridgehead atoms. The Bertz CT molecular complexity index is 2310. The number of amides is 4. The van der Waals surface area contributed by atoms with E-state index < -0.39 is 33.7 Å². The van der Waals surface area contributed by atoms with E-state index >= 15 is 0 Å². The predicted molar refractivity (Wildman–Crippen MR) is 225 cm³/mol. The summed E-state index contributed by atoms with van der Waals surface area (Å²) in [6, 6.07) is 27.2. The molecule has 0 spiro atoms. The first-order chi connectivity index (χ1) is 27.8. The van der Waals surface area contributed by atoms with Crippen molar-refractivity contribution < 1.29 is 27.6 Å². The molecule has 2 aliphatic heterocycles. The minimum absolute atomic E-state index is 0.0125. The Morgan fingerprint density at radius 3 is 2.26 bits per heavy atom. The number of halogens is 1. The highest BCUT2D eigenvalue weighted by molar-refractivity contribution is 7.90. The molecule has 0 saturated carbocycles. The summed E-state index contributed by atoms with van der Waals surface area (Å²) in [5.74, 6) is 4.94. The zero-order chi connectivity index (χ0) is 41.2. The van der Waals surface area contributed by atoms with Crippen molar-refractivity contribution in [2.75, 3.05) is 37.8 Å². The van der Waals surface area contributed by atoms with Gasteiger partial charge in [0.05, 0.1) is 9.92 Å². The molecule has 4 aromatic rings. The zero-order valence-electron chi connectivity index (χ0n) is 32.7. The summed E-state index contributed by atoms with van der Waals surface area (Å²) >= 11 is 6.54. The van der Waals surface area contributed by atoms with E-state index in [-0.39, 0.29) is 42.1 Å². The van der Waals surface area contributed by atoms with Gasteiger partial charge in [-0.05, 0) is 97.8 Å². The Hall–Kier alpha value is -5.48. The molecular formula is C45H48ClN5O6S. The van der Waals surface area contributed by atoms with Crippen molar-refractivity contribution in [2.45, 2.75) is 68.0 Å². The maximum Gasteiger partial charge on any atom is 0.250 e. The van der Waals surface area contributed by atoms with Crippen molar-refractivity contribution in [3.8, 4) is 11.8 Å². The number of benzene rings is 4. The fourth-order valence-electron chi connectivity index (χ4n) is 7.31. The smallest absolute Gasteiger partial charge is 0.250 e. The molecule has 0 aromatic heterocycles. The molecule has 4 aromatic carbocycles. The van der Waals surface area contributed by atoms with Gasteiger partial charge in [-0.1, -0.05) is 78.0 Å². The number of anilines is 1. The average Bonchev–Trinajstić information content (AvgIpc) is 3.31. The number of para-hydroxylation sites is 1. The number of rotatable bonds is 5. The second-order valence-electron chi connectivity index (χ2n) is 15.0. The first-order valence-corrected chi connectivity index (χ1v) is 21.7. The largest absolute Gasteiger partial charge is 0.351 e. The molecule has 1 fully saturated rings. The minimum atomic E-state index is -3.37. The molecule has 3 N–H and O–H groups in total. The molecule has 2 heterocycles. The van der Waals surface area contributed by atoms with Gasteiger partial charge in [0.15, 0.2) is 9.84 Å². The number of nitrogens with zero attached hydrogens (tertiary/aromatic N) is 2. The second-order valence-corrected chi connectivity index (χ2v) is 17.4. The summed E-state index contributed by atoms with van der Waals surface area (Å²) in [7, 11) is -1.65. The van der Waals surface area contributed by atoms with Crippen LogP contribution in [0.4, 0.5) is 5.69 Å². The van der Waals surface area contributed by atoms with Crippen LogP contribution in [0.1, 0.15) is 53.5 Å². The maximum atomic E-state index is 14.3. The molecule has 6 rings (SSSR count). The third-order valence-corrected chi connectivity index (χ3v) is 11.9. The zero-order valence-corrected chi connectivity index (χ0v) is 34.2. The Kier molecular flexibility index (Phi) is 14.0. The van der Waals surface area contributed by atoms with Crippen molar-refractivity contribution in [1.29, 1.82) is 0 Å². The summed E-state index contributed by atoms with van der Waals surface area (Å²) in [6.07, 6.45) is 3.38. The lowest BCUT2D eigenvalue weighted by atomic mass is 10.00. The fourth-order valence-corrected chi connectivity index (χ4v) is 8.10. The average molecular weight is 822 g/mol. The lowest BCUT2D eigenvalue weighted by molar-refractivity contribution is -0.131. The highest BCUT2D eigenvalue weighted by Gasteiger charge is 2.33. The highest BCUT2D eigenvalue weighted by atomic mass is 35.5. The molecule has 0 radical (unpaired) electrons. The Labute approximate surface area is 345 Å². The molecule has 302 valence electrons. The molecule has 4 amide bonds. The number of hydrogen-bond acceptors (Lipinski definition) is 7. The van der Waals surface area contributed by atoms with Gasteiger partial charge in [0, 0.05) is 61.6 Å². The maximum absolute atomic E-state index is 14.3. The van der Waals surface area contributed by atoms with Crippen molar-refractivity contribution in [1.82, 2.24) is 20.9 Å². The Morgan fingerprint density at radius 2 is 1.50 bits per heavy atom. The third kappa shape index (κ3) is 11.6. The number of carbonyl (C=O) groups is 4. The monoisotopic (exact) mass is 821 g/mol. The van der Waals surface area contributed by atoms with Crippen LogP contribution >= 0.6 is 11.6 Å². The minimum Gasteiger partial charge on any atom is -0.351 e. The number of sulfone groups is 1. The van der Waals surface area contributed by atoms with Gasteiger partial charge < -0.3 is 25.8 Å². The van der Waals surface area contributed by atoms with Crippen molar-refractivity contribution in [3.05, 3.63) is 130 Å². The fraction of sp³-hybridized carbons (Fsp3) is 0.333. The van der Waals surface area contributed by atoms with E-state index in [9.17, 15) is 27.6 Å². The molecular weight excluding hydrogens is 774 g/mol. The molecule has 3 atom stereocenters. The number of fused-ring (bicyclic) bond motifs is 4. The molecule has 0 unspecified atom stereocenters. The summed E-state index contributed by atoms with van der Waals surface area (Å²) in [5, 5.41) is 9.97. The second kappa shape index (κ2) is 19.3. The highest BCUT2D eigenvalue weighted by Crippen LogP contribution is 2.27. The number of hydrogen-bond donors (Lipinski definition) is 3. The van der Waals surface area contributed by atoms with E-state index in [2.05, 4.69) is 27.8 Å². The van der Waals surface area contributed by atoms with Gasteiger partial charge in [-0.3, -0.25) is 19.2 Å². The van der Waals surface area contributed by atoms with Gasteiger partial charge in [-0.15, -0.1) is 0 Å². The van der Waals surface area contributed by atoms with E-state index in [1.807, 2.05) is 60.7 Å². The Morgan fingerprint density at radius 1 is 0.793 bits per heavy atom. The lowest BCUT2D eigenvalue weighted by Crippen LogP contribution is -2.52. The van der Waals surface area contributed by atoms with E-state index in [0.717, 1.165) is 28.5 Å². The SMILES string of the molecule is CN1CCCN[C@@H](Cc2ccc(S(C)(=O)=O)cc2)CC(=O)N[C@H]2CCc3ccccc3N(CC(=O)N[C@H](Cc3ccc(Cl)c(C#Cc4ccccc4)c3)CC1=O)C2=O. The number of aryl methyl sites for hydroxylation is 1. The molecule has 2 aliphatic rings. The molecule has 13 heteroatoms. The van der Waals surface area contributed by atoms with Crippen LogP contribution in [0.3, 0.4) is 0 Å². The summed E-state index contributed by atoms with van der Waals surface area (Å²) in [6.45, 7) is 0.598. The van der Waals surface area contributed by atoms with Gasteiger partial charge in [-0.2, -0.15) is 0 Å². The van der Waals surface area contributed by atoms with Gasteiger partial charge >= 0.3 is 0 Å². The number of carbonyl (C=O) groups excluding carboxylic acids is 4. The third-order valence-electron chi connectivity index (χ3n) is 10.4. The van der Waals surface area contributed by atoms with Gasteiger partial charge in [0.25, 0.3) is 0 Å². The summed E-state index contributed by atoms with van der Waals surface area (Å²) in [4.78, 5) is 58.9. The predicted octanol–water partition coefficient (Wildman–Crippen LogP) is 4.48. The quantitative estimate of drug-likeness (QED) is 0.252. The van der Waals surface area contributed by atoms with Crippen molar-refractivity contribution in [3.63, 3.8) is 0 Å². The van der Waals surface area contributed by atoms with Crippen LogP contribution in [-0.2, 0) is 48.3 Å². The van der Waals surface area contributed by atoms with Crippen molar-refractivity contribution in [2.24, 2.45) is 0 Å². The van der Waals surface area contributed by atoms with Gasteiger partial charge in [0.2, 0.25) is 23.6 Å². The van der Waals surface area contributed by atoms with Crippen LogP contribution in [0.5, 0.6) is 0 Å². The van der Waals surface area contributed by atoms with Crippen LogP contribution in [0.25, 0.3) is 0 Å². The van der Waals surface area contributed by atoms with Gasteiger partial charge in [-0.25, -0.2) is 8.42 Å². The van der Waals surface area contributed by atoms with Crippen LogP contribution in [0, 0.1) is 11.8 Å². The topological polar surface area (TPSA) is 145 Å².